The first-order chi connectivity index (χ1) is 20.3. The van der Waals surface area contributed by atoms with Crippen LogP contribution < -0.4 is 4.90 Å². The fourth-order valence-corrected chi connectivity index (χ4v) is 5.94. The number of benzene rings is 3. The summed E-state index contributed by atoms with van der Waals surface area (Å²) >= 11 is 1.41. The maximum atomic E-state index is 14.1. The quantitative estimate of drug-likeness (QED) is 0.117. The fraction of sp³-hybridized carbons (Fsp3) is 0.323. The van der Waals surface area contributed by atoms with Crippen molar-refractivity contribution in [3.05, 3.63) is 102 Å². The lowest BCUT2D eigenvalue weighted by molar-refractivity contribution is -0.137. The van der Waals surface area contributed by atoms with Crippen LogP contribution in [-0.4, -0.2) is 57.5 Å². The molecule has 220 valence electrons. The maximum absolute atomic E-state index is 14.1. The average molecular weight is 598 g/mol. The Morgan fingerprint density at radius 2 is 1.60 bits per heavy atom. The molecule has 1 aliphatic heterocycles. The Kier molecular flexibility index (Phi) is 9.46. The molecule has 0 aliphatic carbocycles. The topological polar surface area (TPSA) is 54.3 Å². The number of hydrogen-bond donors (Lipinski definition) is 0. The van der Waals surface area contributed by atoms with E-state index in [1.165, 1.54) is 23.9 Å². The van der Waals surface area contributed by atoms with E-state index in [9.17, 15) is 22.4 Å². The molecule has 0 bridgehead atoms. The Morgan fingerprint density at radius 1 is 0.857 bits per heavy atom. The number of aromatic nitrogens is 3. The molecule has 0 radical (unpaired) electrons. The van der Waals surface area contributed by atoms with Crippen LogP contribution in [0.2, 0.25) is 0 Å². The first-order valence-corrected chi connectivity index (χ1v) is 14.8. The van der Waals surface area contributed by atoms with Crippen molar-refractivity contribution in [1.29, 1.82) is 0 Å². The van der Waals surface area contributed by atoms with E-state index in [0.717, 1.165) is 24.1 Å². The molecule has 5 rings (SSSR count). The number of alkyl halides is 3. The molecule has 2 heterocycles. The largest absolute Gasteiger partial charge is 0.416 e. The Morgan fingerprint density at radius 3 is 2.33 bits per heavy atom. The minimum atomic E-state index is -4.46. The second-order valence-electron chi connectivity index (χ2n) is 10.1. The van der Waals surface area contributed by atoms with E-state index < -0.39 is 11.7 Å². The van der Waals surface area contributed by atoms with Crippen molar-refractivity contribution in [1.82, 2.24) is 19.7 Å². The van der Waals surface area contributed by atoms with Gasteiger partial charge in [0.05, 0.1) is 16.9 Å². The number of carbonyl (C=O) groups is 1. The van der Waals surface area contributed by atoms with Gasteiger partial charge in [0.1, 0.15) is 11.6 Å². The standard InChI is InChI=1S/C31H31F4N5OS/c32-26-13-4-5-14-27(26)38-16-18-39(19-17-38)29(41)15-6-7-20-42-30-37-36-28(21-23-9-2-1-3-10-23)40(30)25-12-8-11-24(22-25)31(33,34)35/h1-5,8-14,22H,6-7,15-21H2. The number of hydrogen-bond acceptors (Lipinski definition) is 5. The number of halogens is 4. The summed E-state index contributed by atoms with van der Waals surface area (Å²) in [5.74, 6) is 1.00. The molecule has 1 saturated heterocycles. The predicted molar refractivity (Wildman–Crippen MR) is 155 cm³/mol. The highest BCUT2D eigenvalue weighted by atomic mass is 32.2. The highest BCUT2D eigenvalue weighted by Crippen LogP contribution is 2.32. The van der Waals surface area contributed by atoms with Crippen molar-refractivity contribution < 1.29 is 22.4 Å². The Labute approximate surface area is 246 Å². The van der Waals surface area contributed by atoms with E-state index in [1.54, 1.807) is 28.8 Å². The van der Waals surface area contributed by atoms with Crippen molar-refractivity contribution >= 4 is 23.4 Å². The molecule has 42 heavy (non-hydrogen) atoms. The minimum absolute atomic E-state index is 0.0745. The van der Waals surface area contributed by atoms with Crippen LogP contribution >= 0.6 is 11.8 Å². The Bertz CT molecular complexity index is 1490. The van der Waals surface area contributed by atoms with E-state index in [-0.39, 0.29) is 11.7 Å². The van der Waals surface area contributed by atoms with Crippen molar-refractivity contribution in [2.45, 2.75) is 37.0 Å². The molecule has 3 aromatic carbocycles. The molecular weight excluding hydrogens is 566 g/mol. The number of piperazine rings is 1. The lowest BCUT2D eigenvalue weighted by Gasteiger charge is -2.36. The molecule has 4 aromatic rings. The molecular formula is C31H31F4N5OS. The average Bonchev–Trinajstić information content (AvgIpc) is 3.39. The minimum Gasteiger partial charge on any atom is -0.366 e. The summed E-state index contributed by atoms with van der Waals surface area (Å²) < 4.78 is 56.2. The van der Waals surface area contributed by atoms with Gasteiger partial charge in [-0.05, 0) is 48.7 Å². The van der Waals surface area contributed by atoms with Crippen molar-refractivity contribution in [3.63, 3.8) is 0 Å². The number of thioether (sulfide) groups is 1. The lowest BCUT2D eigenvalue weighted by atomic mass is 10.1. The number of nitrogens with zero attached hydrogens (tertiary/aromatic N) is 5. The van der Waals surface area contributed by atoms with Crippen LogP contribution in [-0.2, 0) is 17.4 Å². The fourth-order valence-electron chi connectivity index (χ4n) is 4.97. The van der Waals surface area contributed by atoms with Gasteiger partial charge >= 0.3 is 6.18 Å². The number of rotatable bonds is 10. The zero-order chi connectivity index (χ0) is 29.5. The molecule has 0 saturated carbocycles. The summed E-state index contributed by atoms with van der Waals surface area (Å²) in [4.78, 5) is 16.6. The second kappa shape index (κ2) is 13.4. The van der Waals surface area contributed by atoms with Crippen LogP contribution in [0, 0.1) is 5.82 Å². The zero-order valence-corrected chi connectivity index (χ0v) is 23.8. The number of anilines is 1. The van der Waals surface area contributed by atoms with Crippen LogP contribution in [0.4, 0.5) is 23.2 Å². The molecule has 1 aromatic heterocycles. The van der Waals surface area contributed by atoms with E-state index in [2.05, 4.69) is 10.2 Å². The van der Waals surface area contributed by atoms with Crippen molar-refractivity contribution in [3.8, 4) is 5.69 Å². The highest BCUT2D eigenvalue weighted by molar-refractivity contribution is 7.99. The van der Waals surface area contributed by atoms with Crippen LogP contribution in [0.5, 0.6) is 0 Å². The van der Waals surface area contributed by atoms with Gasteiger partial charge in [0, 0.05) is 44.8 Å². The second-order valence-corrected chi connectivity index (χ2v) is 11.1. The number of amides is 1. The van der Waals surface area contributed by atoms with Crippen molar-refractivity contribution in [2.75, 3.05) is 36.8 Å². The third-order valence-electron chi connectivity index (χ3n) is 7.18. The molecule has 6 nitrogen and oxygen atoms in total. The molecule has 0 atom stereocenters. The Balaban J connectivity index is 1.17. The maximum Gasteiger partial charge on any atom is 0.416 e. The third-order valence-corrected chi connectivity index (χ3v) is 8.19. The van der Waals surface area contributed by atoms with Gasteiger partial charge in [0.2, 0.25) is 5.91 Å². The number of carbonyl (C=O) groups excluding carboxylic acids is 1. The first-order valence-electron chi connectivity index (χ1n) is 13.9. The zero-order valence-electron chi connectivity index (χ0n) is 22.9. The number of unbranched alkanes of at least 4 members (excludes halogenated alkanes) is 1. The van der Waals surface area contributed by atoms with Gasteiger partial charge in [-0.1, -0.05) is 60.3 Å². The van der Waals surface area contributed by atoms with Gasteiger partial charge in [0.25, 0.3) is 0 Å². The molecule has 1 amide bonds. The summed E-state index contributed by atoms with van der Waals surface area (Å²) in [7, 11) is 0. The van der Waals surface area contributed by atoms with Crippen LogP contribution in [0.1, 0.15) is 36.2 Å². The molecule has 0 unspecified atom stereocenters. The first kappa shape index (κ1) is 29.6. The molecule has 1 fully saturated rings. The molecule has 1 aliphatic rings. The van der Waals surface area contributed by atoms with E-state index >= 15 is 0 Å². The van der Waals surface area contributed by atoms with Crippen LogP contribution in [0.25, 0.3) is 5.69 Å². The van der Waals surface area contributed by atoms with Gasteiger partial charge in [0.15, 0.2) is 5.16 Å². The monoisotopic (exact) mass is 597 g/mol. The van der Waals surface area contributed by atoms with Gasteiger partial charge in [-0.25, -0.2) is 4.39 Å². The van der Waals surface area contributed by atoms with Gasteiger partial charge in [-0.15, -0.1) is 10.2 Å². The summed E-state index contributed by atoms with van der Waals surface area (Å²) in [5.41, 5.74) is 1.16. The molecule has 0 spiro atoms. The predicted octanol–water partition coefficient (Wildman–Crippen LogP) is 6.63. The Hall–Kier alpha value is -3.86. The van der Waals surface area contributed by atoms with Crippen molar-refractivity contribution in [2.24, 2.45) is 0 Å². The SMILES string of the molecule is O=C(CCCCSc1nnc(Cc2ccccc2)n1-c1cccc(C(F)(F)F)c1)N1CCN(c2ccccc2F)CC1. The van der Waals surface area contributed by atoms with E-state index in [1.807, 2.05) is 40.1 Å². The van der Waals surface area contributed by atoms with Gasteiger partial charge in [-0.3, -0.25) is 9.36 Å². The molecule has 11 heteroatoms. The summed E-state index contributed by atoms with van der Waals surface area (Å²) in [5, 5.41) is 9.15. The normalized spacial score (nSPS) is 13.9. The van der Waals surface area contributed by atoms with E-state index in [4.69, 9.17) is 0 Å². The van der Waals surface area contributed by atoms with Gasteiger partial charge < -0.3 is 9.80 Å². The molecule has 0 N–H and O–H groups in total. The van der Waals surface area contributed by atoms with Crippen LogP contribution in [0.15, 0.2) is 84.0 Å². The smallest absolute Gasteiger partial charge is 0.366 e. The highest BCUT2D eigenvalue weighted by Gasteiger charge is 2.31. The number of para-hydroxylation sites is 1. The third kappa shape index (κ3) is 7.31. The van der Waals surface area contributed by atoms with E-state index in [0.29, 0.717) is 73.5 Å². The van der Waals surface area contributed by atoms with Gasteiger partial charge in [-0.2, -0.15) is 13.2 Å². The summed E-state index contributed by atoms with van der Waals surface area (Å²) in [6.45, 7) is 2.26. The summed E-state index contributed by atoms with van der Waals surface area (Å²) in [6.07, 6.45) is -2.24. The lowest BCUT2D eigenvalue weighted by Crippen LogP contribution is -2.49. The van der Waals surface area contributed by atoms with Crippen LogP contribution in [0.3, 0.4) is 0 Å². The summed E-state index contributed by atoms with van der Waals surface area (Å²) in [6, 6.07) is 21.4.